The Kier molecular flexibility index (Phi) is 4.27. The Bertz CT molecular complexity index is 506. The molecule has 2 nitrogen and oxygen atoms in total. The molecule has 0 amide bonds. The Morgan fingerprint density at radius 3 is 2.71 bits per heavy atom. The van der Waals surface area contributed by atoms with E-state index >= 15 is 0 Å². The molecule has 4 heteroatoms. The molecule has 0 N–H and O–H groups in total. The van der Waals surface area contributed by atoms with Gasteiger partial charge in [-0.25, -0.2) is 8.78 Å². The smallest absolute Gasteiger partial charge is 0.133 e. The third-order valence-corrected chi connectivity index (χ3v) is 5.05. The van der Waals surface area contributed by atoms with E-state index in [1.807, 2.05) is 0 Å². The average molecular weight is 295 g/mol. The maximum absolute atomic E-state index is 14.2. The van der Waals surface area contributed by atoms with Gasteiger partial charge in [0.2, 0.25) is 0 Å². The molecule has 2 aliphatic heterocycles. The molecular weight excluding hydrogens is 272 g/mol. The van der Waals surface area contributed by atoms with E-state index in [2.05, 4.69) is 4.90 Å². The van der Waals surface area contributed by atoms with E-state index in [0.29, 0.717) is 17.5 Å². The predicted octanol–water partition coefficient (Wildman–Crippen LogP) is 3.67. The molecule has 1 aromatic rings. The summed E-state index contributed by atoms with van der Waals surface area (Å²) in [4.78, 5) is 2.22. The Labute approximate surface area is 125 Å². The zero-order valence-corrected chi connectivity index (χ0v) is 12.6. The minimum atomic E-state index is -0.426. The summed E-state index contributed by atoms with van der Waals surface area (Å²) < 4.78 is 33.6. The van der Waals surface area contributed by atoms with Crippen LogP contribution in [0.2, 0.25) is 0 Å². The highest BCUT2D eigenvalue weighted by molar-refractivity contribution is 5.26. The van der Waals surface area contributed by atoms with Crippen LogP contribution in [0.4, 0.5) is 8.78 Å². The number of benzene rings is 1. The van der Waals surface area contributed by atoms with Gasteiger partial charge in [-0.15, -0.1) is 0 Å². The van der Waals surface area contributed by atoms with E-state index in [-0.39, 0.29) is 11.4 Å². The molecule has 1 spiro atoms. The standard InChI is InChI=1S/C17H23F2NO/c1-13-3-4-15(18)14(16(13)19)11-20-8-2-5-17(12-20)6-9-21-10-7-17/h3-4H,2,5-12H2,1H3. The van der Waals surface area contributed by atoms with Gasteiger partial charge >= 0.3 is 0 Å². The van der Waals surface area contributed by atoms with Crippen LogP contribution in [0, 0.1) is 24.0 Å². The van der Waals surface area contributed by atoms with Crippen molar-refractivity contribution in [2.45, 2.75) is 39.2 Å². The second-order valence-electron chi connectivity index (χ2n) is 6.58. The number of piperidine rings is 1. The van der Waals surface area contributed by atoms with Gasteiger partial charge in [0.05, 0.1) is 0 Å². The number of nitrogens with zero attached hydrogens (tertiary/aromatic N) is 1. The summed E-state index contributed by atoms with van der Waals surface area (Å²) in [6.45, 7) is 5.57. The summed E-state index contributed by atoms with van der Waals surface area (Å²) in [6.07, 6.45) is 4.46. The molecule has 0 bridgehead atoms. The van der Waals surface area contributed by atoms with E-state index in [9.17, 15) is 8.78 Å². The van der Waals surface area contributed by atoms with Crippen molar-refractivity contribution in [1.82, 2.24) is 4.90 Å². The van der Waals surface area contributed by atoms with Crippen LogP contribution in [0.5, 0.6) is 0 Å². The molecule has 116 valence electrons. The fourth-order valence-corrected chi connectivity index (χ4v) is 3.74. The summed E-state index contributed by atoms with van der Waals surface area (Å²) in [6, 6.07) is 2.88. The Hall–Kier alpha value is -1.00. The second kappa shape index (κ2) is 6.01. The van der Waals surface area contributed by atoms with Crippen molar-refractivity contribution in [3.8, 4) is 0 Å². The van der Waals surface area contributed by atoms with Crippen molar-refractivity contribution in [2.75, 3.05) is 26.3 Å². The topological polar surface area (TPSA) is 12.5 Å². The number of halogens is 2. The molecule has 2 heterocycles. The second-order valence-corrected chi connectivity index (χ2v) is 6.58. The van der Waals surface area contributed by atoms with Gasteiger partial charge in [0.25, 0.3) is 0 Å². The van der Waals surface area contributed by atoms with Gasteiger partial charge in [0, 0.05) is 31.9 Å². The van der Waals surface area contributed by atoms with Crippen molar-refractivity contribution < 1.29 is 13.5 Å². The number of rotatable bonds is 2. The molecule has 3 rings (SSSR count). The van der Waals surface area contributed by atoms with Crippen molar-refractivity contribution in [3.05, 3.63) is 34.9 Å². The monoisotopic (exact) mass is 295 g/mol. The molecule has 0 atom stereocenters. The van der Waals surface area contributed by atoms with Crippen LogP contribution in [0.3, 0.4) is 0 Å². The van der Waals surface area contributed by atoms with Gasteiger partial charge in [0.1, 0.15) is 11.6 Å². The molecule has 1 aromatic carbocycles. The van der Waals surface area contributed by atoms with Crippen molar-refractivity contribution in [1.29, 1.82) is 0 Å². The zero-order chi connectivity index (χ0) is 14.9. The first-order chi connectivity index (χ1) is 10.1. The third-order valence-electron chi connectivity index (χ3n) is 5.05. The van der Waals surface area contributed by atoms with E-state index in [1.54, 1.807) is 6.92 Å². The minimum absolute atomic E-state index is 0.221. The van der Waals surface area contributed by atoms with Gasteiger partial charge in [-0.1, -0.05) is 6.07 Å². The van der Waals surface area contributed by atoms with E-state index in [4.69, 9.17) is 4.74 Å². The number of hydrogen-bond acceptors (Lipinski definition) is 2. The molecule has 2 fully saturated rings. The van der Waals surface area contributed by atoms with Gasteiger partial charge in [-0.3, -0.25) is 4.90 Å². The predicted molar refractivity (Wildman–Crippen MR) is 78.1 cm³/mol. The van der Waals surface area contributed by atoms with Crippen LogP contribution in [0.25, 0.3) is 0 Å². The summed E-state index contributed by atoms with van der Waals surface area (Å²) in [5.74, 6) is -0.814. The first-order valence-corrected chi connectivity index (χ1v) is 7.83. The molecule has 2 aliphatic rings. The Morgan fingerprint density at radius 2 is 1.95 bits per heavy atom. The molecule has 21 heavy (non-hydrogen) atoms. The van der Waals surface area contributed by atoms with E-state index < -0.39 is 5.82 Å². The van der Waals surface area contributed by atoms with Crippen molar-refractivity contribution in [3.63, 3.8) is 0 Å². The lowest BCUT2D eigenvalue weighted by Gasteiger charge is -2.45. The van der Waals surface area contributed by atoms with E-state index in [1.165, 1.54) is 18.6 Å². The summed E-state index contributed by atoms with van der Waals surface area (Å²) in [7, 11) is 0. The number of likely N-dealkylation sites (tertiary alicyclic amines) is 1. The fraction of sp³-hybridized carbons (Fsp3) is 0.647. The quantitative estimate of drug-likeness (QED) is 0.825. The van der Waals surface area contributed by atoms with Crippen LogP contribution < -0.4 is 0 Å². The first kappa shape index (κ1) is 14.9. The lowest BCUT2D eigenvalue weighted by atomic mass is 9.74. The number of ether oxygens (including phenoxy) is 1. The molecular formula is C17H23F2NO. The lowest BCUT2D eigenvalue weighted by molar-refractivity contribution is -0.0295. The normalized spacial score (nSPS) is 22.6. The van der Waals surface area contributed by atoms with Crippen LogP contribution in [0.1, 0.15) is 36.8 Å². The fourth-order valence-electron chi connectivity index (χ4n) is 3.74. The molecule has 2 saturated heterocycles. The number of hydrogen-bond donors (Lipinski definition) is 0. The van der Waals surface area contributed by atoms with Gasteiger partial charge in [-0.2, -0.15) is 0 Å². The highest BCUT2D eigenvalue weighted by atomic mass is 19.1. The van der Waals surface area contributed by atoms with Gasteiger partial charge in [0.15, 0.2) is 0 Å². The van der Waals surface area contributed by atoms with Crippen molar-refractivity contribution in [2.24, 2.45) is 5.41 Å². The van der Waals surface area contributed by atoms with Gasteiger partial charge in [-0.05, 0) is 56.2 Å². The van der Waals surface area contributed by atoms with Crippen LogP contribution in [-0.4, -0.2) is 31.2 Å². The molecule has 0 aliphatic carbocycles. The summed E-state index contributed by atoms with van der Waals surface area (Å²) in [5, 5.41) is 0. The lowest BCUT2D eigenvalue weighted by Crippen LogP contribution is -2.45. The molecule has 0 unspecified atom stereocenters. The van der Waals surface area contributed by atoms with Crippen LogP contribution in [-0.2, 0) is 11.3 Å². The minimum Gasteiger partial charge on any atom is -0.381 e. The summed E-state index contributed by atoms with van der Waals surface area (Å²) in [5.41, 5.74) is 1.04. The zero-order valence-electron chi connectivity index (χ0n) is 12.6. The highest BCUT2D eigenvalue weighted by Gasteiger charge is 2.37. The van der Waals surface area contributed by atoms with Gasteiger partial charge < -0.3 is 4.74 Å². The Balaban J connectivity index is 1.74. The Morgan fingerprint density at radius 1 is 1.19 bits per heavy atom. The van der Waals surface area contributed by atoms with Crippen molar-refractivity contribution >= 4 is 0 Å². The SMILES string of the molecule is Cc1ccc(F)c(CN2CCCC3(CCOCC3)C2)c1F. The maximum Gasteiger partial charge on any atom is 0.133 e. The maximum atomic E-state index is 14.2. The van der Waals surface area contributed by atoms with Crippen LogP contribution >= 0.6 is 0 Å². The first-order valence-electron chi connectivity index (χ1n) is 7.83. The number of aryl methyl sites for hydroxylation is 1. The van der Waals surface area contributed by atoms with E-state index in [0.717, 1.165) is 45.6 Å². The third kappa shape index (κ3) is 3.11. The largest absolute Gasteiger partial charge is 0.381 e. The molecule has 0 saturated carbocycles. The average Bonchev–Trinajstić information content (AvgIpc) is 2.49. The molecule has 0 radical (unpaired) electrons. The highest BCUT2D eigenvalue weighted by Crippen LogP contribution is 2.39. The molecule has 0 aromatic heterocycles. The summed E-state index contributed by atoms with van der Waals surface area (Å²) >= 11 is 0. The van der Waals surface area contributed by atoms with Crippen LogP contribution in [0.15, 0.2) is 12.1 Å².